The molecule has 0 aliphatic rings. The van der Waals surface area contributed by atoms with Crippen LogP contribution in [0.2, 0.25) is 0 Å². The first-order valence-electron chi connectivity index (χ1n) is 7.36. The number of benzene rings is 2. The maximum absolute atomic E-state index is 12.3. The summed E-state index contributed by atoms with van der Waals surface area (Å²) in [5, 5.41) is 1.36. The van der Waals surface area contributed by atoms with Crippen LogP contribution in [0.1, 0.15) is 18.9 Å². The predicted octanol–water partition coefficient (Wildman–Crippen LogP) is 4.74. The molecule has 0 unspecified atom stereocenters. The molecule has 0 N–H and O–H groups in total. The van der Waals surface area contributed by atoms with E-state index >= 15 is 0 Å². The van der Waals surface area contributed by atoms with Gasteiger partial charge in [0.2, 0.25) is 0 Å². The molecule has 0 saturated heterocycles. The van der Waals surface area contributed by atoms with Crippen molar-refractivity contribution in [3.63, 3.8) is 0 Å². The predicted molar refractivity (Wildman–Crippen MR) is 94.6 cm³/mol. The highest BCUT2D eigenvalue weighted by Gasteiger charge is 2.16. The van der Waals surface area contributed by atoms with Crippen molar-refractivity contribution in [1.82, 2.24) is 0 Å². The standard InChI is InChI=1S/C19H15BrO3/c1-12(21)7-9-15-17-11-14(20)8-10-16(17)19(22)23-18(15)13-5-3-2-4-6-13/h2-6,8,10-11H,7,9H2,1H3. The molecule has 0 radical (unpaired) electrons. The number of aryl methyl sites for hydroxylation is 1. The molecule has 2 aromatic carbocycles. The van der Waals surface area contributed by atoms with E-state index in [0.29, 0.717) is 24.0 Å². The second-order valence-electron chi connectivity index (χ2n) is 5.46. The molecule has 116 valence electrons. The first kappa shape index (κ1) is 15.7. The minimum absolute atomic E-state index is 0.110. The second kappa shape index (κ2) is 6.50. The number of ketones is 1. The summed E-state index contributed by atoms with van der Waals surface area (Å²) in [4.78, 5) is 23.8. The third-order valence-corrected chi connectivity index (χ3v) is 4.25. The minimum Gasteiger partial charge on any atom is -0.422 e. The Balaban J connectivity index is 2.31. The van der Waals surface area contributed by atoms with Crippen molar-refractivity contribution in [2.24, 2.45) is 0 Å². The zero-order chi connectivity index (χ0) is 16.4. The zero-order valence-electron chi connectivity index (χ0n) is 12.6. The van der Waals surface area contributed by atoms with Gasteiger partial charge in [0.1, 0.15) is 11.5 Å². The molecule has 0 saturated carbocycles. The lowest BCUT2D eigenvalue weighted by Gasteiger charge is -2.11. The van der Waals surface area contributed by atoms with Crippen LogP contribution in [0.3, 0.4) is 0 Å². The molecule has 1 aromatic heterocycles. The maximum Gasteiger partial charge on any atom is 0.344 e. The Morgan fingerprint density at radius 3 is 2.52 bits per heavy atom. The molecule has 0 fully saturated rings. The van der Waals surface area contributed by atoms with Crippen LogP contribution in [-0.4, -0.2) is 5.78 Å². The van der Waals surface area contributed by atoms with Gasteiger partial charge in [0.15, 0.2) is 0 Å². The Hall–Kier alpha value is -2.20. The number of carbonyl (C=O) groups excluding carboxylic acids is 1. The summed E-state index contributed by atoms with van der Waals surface area (Å²) in [6, 6.07) is 15.0. The molecule has 0 amide bonds. The number of Topliss-reactive ketones (excluding diaryl/α,β-unsaturated/α-hetero) is 1. The molecular weight excluding hydrogens is 356 g/mol. The van der Waals surface area contributed by atoms with Crippen molar-refractivity contribution in [3.8, 4) is 11.3 Å². The Kier molecular flexibility index (Phi) is 4.44. The third-order valence-electron chi connectivity index (χ3n) is 3.76. The van der Waals surface area contributed by atoms with E-state index in [2.05, 4.69) is 15.9 Å². The maximum atomic E-state index is 12.3. The monoisotopic (exact) mass is 370 g/mol. The van der Waals surface area contributed by atoms with E-state index in [9.17, 15) is 9.59 Å². The molecule has 0 bridgehead atoms. The van der Waals surface area contributed by atoms with E-state index in [4.69, 9.17) is 4.42 Å². The fourth-order valence-corrected chi connectivity index (χ4v) is 3.01. The quantitative estimate of drug-likeness (QED) is 0.665. The van der Waals surface area contributed by atoms with Crippen LogP contribution >= 0.6 is 15.9 Å². The largest absolute Gasteiger partial charge is 0.422 e. The Bertz CT molecular complexity index is 926. The second-order valence-corrected chi connectivity index (χ2v) is 6.37. The third kappa shape index (κ3) is 3.27. The lowest BCUT2D eigenvalue weighted by atomic mass is 9.97. The van der Waals surface area contributed by atoms with Gasteiger partial charge in [-0.15, -0.1) is 0 Å². The van der Waals surface area contributed by atoms with E-state index in [1.807, 2.05) is 42.5 Å². The topological polar surface area (TPSA) is 47.3 Å². The molecule has 1 heterocycles. The van der Waals surface area contributed by atoms with Gasteiger partial charge in [-0.25, -0.2) is 4.79 Å². The molecule has 0 aliphatic carbocycles. The van der Waals surface area contributed by atoms with Crippen LogP contribution in [0.4, 0.5) is 0 Å². The van der Waals surface area contributed by atoms with Gasteiger partial charge in [0, 0.05) is 22.0 Å². The number of carbonyl (C=O) groups is 1. The highest BCUT2D eigenvalue weighted by atomic mass is 79.9. The summed E-state index contributed by atoms with van der Waals surface area (Å²) >= 11 is 3.45. The van der Waals surface area contributed by atoms with Crippen LogP contribution in [0.25, 0.3) is 22.1 Å². The van der Waals surface area contributed by atoms with Crippen LogP contribution in [0.15, 0.2) is 62.2 Å². The fraction of sp³-hybridized carbons (Fsp3) is 0.158. The first-order valence-corrected chi connectivity index (χ1v) is 8.15. The lowest BCUT2D eigenvalue weighted by molar-refractivity contribution is -0.116. The number of hydrogen-bond acceptors (Lipinski definition) is 3. The zero-order valence-corrected chi connectivity index (χ0v) is 14.2. The Morgan fingerprint density at radius 2 is 1.83 bits per heavy atom. The molecule has 0 aliphatic heterocycles. The summed E-state index contributed by atoms with van der Waals surface area (Å²) in [6.45, 7) is 1.57. The summed E-state index contributed by atoms with van der Waals surface area (Å²) in [6.07, 6.45) is 0.950. The molecule has 3 nitrogen and oxygen atoms in total. The van der Waals surface area contributed by atoms with Crippen molar-refractivity contribution in [3.05, 3.63) is 69.0 Å². The van der Waals surface area contributed by atoms with Gasteiger partial charge in [0.25, 0.3) is 0 Å². The Morgan fingerprint density at radius 1 is 1.09 bits per heavy atom. The first-order chi connectivity index (χ1) is 11.1. The molecule has 3 rings (SSSR count). The summed E-state index contributed by atoms with van der Waals surface area (Å²) in [7, 11) is 0. The van der Waals surface area contributed by atoms with E-state index in [1.54, 1.807) is 13.0 Å². The van der Waals surface area contributed by atoms with E-state index in [1.165, 1.54) is 0 Å². The normalized spacial score (nSPS) is 10.9. The summed E-state index contributed by atoms with van der Waals surface area (Å²) < 4.78 is 6.49. The van der Waals surface area contributed by atoms with Gasteiger partial charge >= 0.3 is 5.63 Å². The SMILES string of the molecule is CC(=O)CCc1c(-c2ccccc2)oc(=O)c2ccc(Br)cc12. The molecule has 23 heavy (non-hydrogen) atoms. The average molecular weight is 371 g/mol. The van der Waals surface area contributed by atoms with Crippen LogP contribution in [0.5, 0.6) is 0 Å². The number of fused-ring (bicyclic) bond motifs is 1. The molecule has 0 spiro atoms. The van der Waals surface area contributed by atoms with Crippen molar-refractivity contribution >= 4 is 32.5 Å². The van der Waals surface area contributed by atoms with Gasteiger partial charge in [0.05, 0.1) is 5.39 Å². The van der Waals surface area contributed by atoms with Gasteiger partial charge in [-0.05, 0) is 36.9 Å². The van der Waals surface area contributed by atoms with E-state index in [-0.39, 0.29) is 11.4 Å². The molecular formula is C19H15BrO3. The summed E-state index contributed by atoms with van der Waals surface area (Å²) in [5.74, 6) is 0.654. The molecule has 4 heteroatoms. The smallest absolute Gasteiger partial charge is 0.344 e. The van der Waals surface area contributed by atoms with Crippen molar-refractivity contribution in [2.45, 2.75) is 19.8 Å². The minimum atomic E-state index is -0.363. The average Bonchev–Trinajstić information content (AvgIpc) is 2.54. The van der Waals surface area contributed by atoms with Gasteiger partial charge < -0.3 is 9.21 Å². The number of hydrogen-bond donors (Lipinski definition) is 0. The van der Waals surface area contributed by atoms with Gasteiger partial charge in [-0.1, -0.05) is 46.3 Å². The van der Waals surface area contributed by atoms with Gasteiger partial charge in [-0.3, -0.25) is 0 Å². The fourth-order valence-electron chi connectivity index (χ4n) is 2.65. The van der Waals surface area contributed by atoms with Crippen LogP contribution in [-0.2, 0) is 11.2 Å². The van der Waals surface area contributed by atoms with Crippen molar-refractivity contribution < 1.29 is 9.21 Å². The summed E-state index contributed by atoms with van der Waals surface area (Å²) in [5.41, 5.74) is 1.37. The highest BCUT2D eigenvalue weighted by Crippen LogP contribution is 2.31. The lowest BCUT2D eigenvalue weighted by Crippen LogP contribution is -2.06. The number of rotatable bonds is 4. The van der Waals surface area contributed by atoms with E-state index < -0.39 is 0 Å². The number of halogens is 1. The van der Waals surface area contributed by atoms with Crippen molar-refractivity contribution in [1.29, 1.82) is 0 Å². The van der Waals surface area contributed by atoms with Crippen LogP contribution < -0.4 is 5.63 Å². The Labute approximate surface area is 142 Å². The highest BCUT2D eigenvalue weighted by molar-refractivity contribution is 9.10. The van der Waals surface area contributed by atoms with E-state index in [0.717, 1.165) is 21.0 Å². The van der Waals surface area contributed by atoms with Crippen LogP contribution in [0, 0.1) is 0 Å². The van der Waals surface area contributed by atoms with Crippen molar-refractivity contribution in [2.75, 3.05) is 0 Å². The molecule has 0 atom stereocenters. The van der Waals surface area contributed by atoms with Gasteiger partial charge in [-0.2, -0.15) is 0 Å². The molecule has 3 aromatic rings.